The zero-order valence-corrected chi connectivity index (χ0v) is 16.7. The number of rotatable bonds is 7. The van der Waals surface area contributed by atoms with Crippen molar-refractivity contribution >= 4 is 17.5 Å². The number of carbonyl (C=O) groups is 2. The van der Waals surface area contributed by atoms with E-state index in [0.29, 0.717) is 31.7 Å². The van der Waals surface area contributed by atoms with Gasteiger partial charge in [-0.1, -0.05) is 48.5 Å². The van der Waals surface area contributed by atoms with Crippen molar-refractivity contribution in [1.29, 1.82) is 0 Å². The standard InChI is InChI=1S/C25H24N2O3/c28-24-10-5-15-27(24)22-7-4-6-21(16-22)25(29)26-17-19-11-13-20(14-12-19)18-30-23-8-2-1-3-9-23/h1-4,6-9,11-14,16H,5,10,15,17-18H2,(H,26,29). The van der Waals surface area contributed by atoms with Gasteiger partial charge in [-0.15, -0.1) is 0 Å². The first kappa shape index (κ1) is 19.7. The fraction of sp³-hybridized carbons (Fsp3) is 0.200. The highest BCUT2D eigenvalue weighted by Crippen LogP contribution is 2.22. The number of hydrogen-bond acceptors (Lipinski definition) is 3. The van der Waals surface area contributed by atoms with Crippen LogP contribution in [0.25, 0.3) is 0 Å². The molecule has 0 radical (unpaired) electrons. The second-order valence-electron chi connectivity index (χ2n) is 7.30. The molecule has 4 rings (SSSR count). The Morgan fingerprint density at radius 2 is 1.70 bits per heavy atom. The SMILES string of the molecule is O=C(NCc1ccc(COc2ccccc2)cc1)c1cccc(N2CCCC2=O)c1. The van der Waals surface area contributed by atoms with Crippen molar-refractivity contribution in [2.45, 2.75) is 26.0 Å². The van der Waals surface area contributed by atoms with Gasteiger partial charge in [0.15, 0.2) is 0 Å². The van der Waals surface area contributed by atoms with Crippen LogP contribution >= 0.6 is 0 Å². The van der Waals surface area contributed by atoms with Crippen molar-refractivity contribution in [2.75, 3.05) is 11.4 Å². The van der Waals surface area contributed by atoms with Gasteiger partial charge in [0.1, 0.15) is 12.4 Å². The lowest BCUT2D eigenvalue weighted by atomic mass is 10.1. The molecule has 2 amide bonds. The van der Waals surface area contributed by atoms with Gasteiger partial charge < -0.3 is 15.0 Å². The summed E-state index contributed by atoms with van der Waals surface area (Å²) in [6.07, 6.45) is 1.43. The lowest BCUT2D eigenvalue weighted by Gasteiger charge is -2.16. The predicted molar refractivity (Wildman–Crippen MR) is 116 cm³/mol. The van der Waals surface area contributed by atoms with E-state index in [1.807, 2.05) is 66.7 Å². The molecule has 0 aromatic heterocycles. The van der Waals surface area contributed by atoms with Crippen LogP contribution in [0.15, 0.2) is 78.9 Å². The summed E-state index contributed by atoms with van der Waals surface area (Å²) in [5.41, 5.74) is 3.42. The average Bonchev–Trinajstić information content (AvgIpc) is 3.23. The summed E-state index contributed by atoms with van der Waals surface area (Å²) in [4.78, 5) is 26.2. The van der Waals surface area contributed by atoms with E-state index in [-0.39, 0.29) is 11.8 Å². The van der Waals surface area contributed by atoms with Crippen molar-refractivity contribution in [1.82, 2.24) is 5.32 Å². The molecule has 3 aromatic carbocycles. The van der Waals surface area contributed by atoms with Crippen molar-refractivity contribution < 1.29 is 14.3 Å². The van der Waals surface area contributed by atoms with Gasteiger partial charge in [0.2, 0.25) is 5.91 Å². The van der Waals surface area contributed by atoms with Gasteiger partial charge >= 0.3 is 0 Å². The normalized spacial score (nSPS) is 13.3. The second-order valence-corrected chi connectivity index (χ2v) is 7.30. The molecule has 0 aliphatic carbocycles. The maximum absolute atomic E-state index is 12.6. The largest absolute Gasteiger partial charge is 0.489 e. The van der Waals surface area contributed by atoms with Crippen molar-refractivity contribution in [3.05, 3.63) is 95.6 Å². The van der Waals surface area contributed by atoms with E-state index in [9.17, 15) is 9.59 Å². The predicted octanol–water partition coefficient (Wildman–Crippen LogP) is 4.32. The fourth-order valence-corrected chi connectivity index (χ4v) is 3.46. The molecule has 0 atom stereocenters. The van der Waals surface area contributed by atoms with E-state index in [1.54, 1.807) is 17.0 Å². The Morgan fingerprint density at radius 3 is 2.43 bits per heavy atom. The van der Waals surface area contributed by atoms with Crippen LogP contribution in [0, 0.1) is 0 Å². The molecule has 1 aliphatic rings. The Balaban J connectivity index is 1.31. The first-order valence-corrected chi connectivity index (χ1v) is 10.1. The molecule has 1 saturated heterocycles. The van der Waals surface area contributed by atoms with E-state index in [2.05, 4.69) is 5.32 Å². The quantitative estimate of drug-likeness (QED) is 0.642. The first-order valence-electron chi connectivity index (χ1n) is 10.1. The van der Waals surface area contributed by atoms with E-state index < -0.39 is 0 Å². The maximum Gasteiger partial charge on any atom is 0.251 e. The molecule has 30 heavy (non-hydrogen) atoms. The number of anilines is 1. The number of ether oxygens (including phenoxy) is 1. The summed E-state index contributed by atoms with van der Waals surface area (Å²) in [6, 6.07) is 24.9. The van der Waals surface area contributed by atoms with Crippen molar-refractivity contribution in [3.63, 3.8) is 0 Å². The minimum Gasteiger partial charge on any atom is -0.489 e. The Morgan fingerprint density at radius 1 is 0.933 bits per heavy atom. The molecule has 3 aromatic rings. The van der Waals surface area contributed by atoms with Crippen LogP contribution in [-0.4, -0.2) is 18.4 Å². The van der Waals surface area contributed by atoms with Crippen LogP contribution < -0.4 is 15.0 Å². The molecule has 1 heterocycles. The Bertz CT molecular complexity index is 1020. The number of nitrogens with one attached hydrogen (secondary N) is 1. The molecule has 1 N–H and O–H groups in total. The van der Waals surface area contributed by atoms with Crippen LogP contribution in [0.2, 0.25) is 0 Å². The van der Waals surface area contributed by atoms with Gasteiger partial charge in [0, 0.05) is 30.8 Å². The van der Waals surface area contributed by atoms with Crippen LogP contribution in [0.3, 0.4) is 0 Å². The molecule has 5 heteroatoms. The van der Waals surface area contributed by atoms with Gasteiger partial charge in [-0.3, -0.25) is 9.59 Å². The van der Waals surface area contributed by atoms with Crippen LogP contribution in [0.4, 0.5) is 5.69 Å². The van der Waals surface area contributed by atoms with Gasteiger partial charge in [0.05, 0.1) is 0 Å². The lowest BCUT2D eigenvalue weighted by Crippen LogP contribution is -2.25. The molecule has 0 unspecified atom stereocenters. The number of nitrogens with zero attached hydrogens (tertiary/aromatic N) is 1. The van der Waals surface area contributed by atoms with Crippen LogP contribution in [0.1, 0.15) is 34.3 Å². The summed E-state index contributed by atoms with van der Waals surface area (Å²) in [6.45, 7) is 1.65. The molecule has 1 fully saturated rings. The summed E-state index contributed by atoms with van der Waals surface area (Å²) in [7, 11) is 0. The van der Waals surface area contributed by atoms with E-state index in [4.69, 9.17) is 4.74 Å². The summed E-state index contributed by atoms with van der Waals surface area (Å²) in [5, 5.41) is 2.95. The van der Waals surface area contributed by atoms with Gasteiger partial charge in [0.25, 0.3) is 5.91 Å². The zero-order chi connectivity index (χ0) is 20.8. The summed E-state index contributed by atoms with van der Waals surface area (Å²) in [5.74, 6) is 0.801. The average molecular weight is 400 g/mol. The summed E-state index contributed by atoms with van der Waals surface area (Å²) < 4.78 is 5.75. The lowest BCUT2D eigenvalue weighted by molar-refractivity contribution is -0.117. The smallest absolute Gasteiger partial charge is 0.251 e. The Labute approximate surface area is 176 Å². The number of amides is 2. The number of carbonyl (C=O) groups excluding carboxylic acids is 2. The van der Waals surface area contributed by atoms with Crippen molar-refractivity contribution in [2.24, 2.45) is 0 Å². The van der Waals surface area contributed by atoms with E-state index in [0.717, 1.165) is 29.0 Å². The third kappa shape index (κ3) is 4.87. The monoisotopic (exact) mass is 400 g/mol. The molecular formula is C25H24N2O3. The van der Waals surface area contributed by atoms with Crippen LogP contribution in [-0.2, 0) is 17.9 Å². The van der Waals surface area contributed by atoms with Crippen molar-refractivity contribution in [3.8, 4) is 5.75 Å². The highest BCUT2D eigenvalue weighted by Gasteiger charge is 2.22. The molecule has 0 saturated carbocycles. The zero-order valence-electron chi connectivity index (χ0n) is 16.7. The number of para-hydroxylation sites is 1. The topological polar surface area (TPSA) is 58.6 Å². The van der Waals surface area contributed by atoms with Gasteiger partial charge in [-0.05, 0) is 47.9 Å². The third-order valence-corrected chi connectivity index (χ3v) is 5.12. The van der Waals surface area contributed by atoms with E-state index in [1.165, 1.54) is 0 Å². The molecule has 1 aliphatic heterocycles. The third-order valence-electron chi connectivity index (χ3n) is 5.12. The summed E-state index contributed by atoms with van der Waals surface area (Å²) >= 11 is 0. The molecule has 0 bridgehead atoms. The number of hydrogen-bond donors (Lipinski definition) is 1. The maximum atomic E-state index is 12.6. The molecule has 0 spiro atoms. The van der Waals surface area contributed by atoms with E-state index >= 15 is 0 Å². The van der Waals surface area contributed by atoms with Gasteiger partial charge in [-0.25, -0.2) is 0 Å². The number of benzene rings is 3. The molecule has 152 valence electrons. The molecule has 5 nitrogen and oxygen atoms in total. The second kappa shape index (κ2) is 9.27. The first-order chi connectivity index (χ1) is 14.7. The Hall–Kier alpha value is -3.60. The minimum absolute atomic E-state index is 0.115. The Kier molecular flexibility index (Phi) is 6.09. The highest BCUT2D eigenvalue weighted by atomic mass is 16.5. The van der Waals surface area contributed by atoms with Crippen LogP contribution in [0.5, 0.6) is 5.75 Å². The highest BCUT2D eigenvalue weighted by molar-refractivity contribution is 5.99. The van der Waals surface area contributed by atoms with Gasteiger partial charge in [-0.2, -0.15) is 0 Å². The molecular weight excluding hydrogens is 376 g/mol. The fourth-order valence-electron chi connectivity index (χ4n) is 3.46. The minimum atomic E-state index is -0.153.